The number of hydrogen-bond acceptors (Lipinski definition) is 4. The maximum absolute atomic E-state index is 11.1. The van der Waals surface area contributed by atoms with Gasteiger partial charge in [-0.2, -0.15) is 0 Å². The summed E-state index contributed by atoms with van der Waals surface area (Å²) in [5.41, 5.74) is 0. The van der Waals surface area contributed by atoms with Crippen LogP contribution >= 0.6 is 11.3 Å². The van der Waals surface area contributed by atoms with Crippen LogP contribution in [-0.2, 0) is 16.0 Å². The lowest BCUT2D eigenvalue weighted by Gasteiger charge is -2.02. The maximum Gasteiger partial charge on any atom is 0.303 e. The van der Waals surface area contributed by atoms with Crippen LogP contribution < -0.4 is 5.32 Å². The number of carboxylic acid groups (broad SMARTS) is 1. The number of hydrogen-bond donors (Lipinski definition) is 2. The second kappa shape index (κ2) is 6.95. The number of carbonyl (C=O) groups excluding carboxylic acids is 1. The van der Waals surface area contributed by atoms with Crippen molar-refractivity contribution in [3.63, 3.8) is 0 Å². The molecule has 6 heteroatoms. The molecule has 0 aliphatic heterocycles. The molecule has 0 unspecified atom stereocenters. The molecule has 0 radical (unpaired) electrons. The third-order valence-electron chi connectivity index (χ3n) is 1.94. The van der Waals surface area contributed by atoms with Gasteiger partial charge in [-0.3, -0.25) is 9.59 Å². The van der Waals surface area contributed by atoms with Crippen LogP contribution in [0.4, 0.5) is 0 Å². The van der Waals surface area contributed by atoms with E-state index < -0.39 is 5.97 Å². The van der Waals surface area contributed by atoms with E-state index in [1.807, 2.05) is 5.38 Å². The van der Waals surface area contributed by atoms with Gasteiger partial charge in [0.15, 0.2) is 0 Å². The number of aromatic nitrogens is 1. The summed E-state index contributed by atoms with van der Waals surface area (Å²) in [4.78, 5) is 25.4. The van der Waals surface area contributed by atoms with E-state index in [9.17, 15) is 9.59 Å². The number of rotatable bonds is 7. The number of thiazole rings is 1. The Morgan fingerprint density at radius 1 is 1.44 bits per heavy atom. The van der Waals surface area contributed by atoms with Gasteiger partial charge in [-0.25, -0.2) is 4.98 Å². The molecule has 0 saturated carbocycles. The van der Waals surface area contributed by atoms with Gasteiger partial charge < -0.3 is 10.4 Å². The van der Waals surface area contributed by atoms with Crippen molar-refractivity contribution in [3.8, 4) is 0 Å². The molecule has 1 rings (SSSR count). The Bertz CT molecular complexity index is 338. The lowest BCUT2D eigenvalue weighted by atomic mass is 10.3. The molecular weight excluding hydrogens is 228 g/mol. The van der Waals surface area contributed by atoms with Crippen molar-refractivity contribution in [2.75, 3.05) is 6.54 Å². The molecule has 0 atom stereocenters. The molecule has 0 saturated heterocycles. The highest BCUT2D eigenvalue weighted by molar-refractivity contribution is 7.09. The SMILES string of the molecule is O=C(O)CCC(=O)NCCCc1nccs1. The van der Waals surface area contributed by atoms with E-state index in [1.165, 1.54) is 0 Å². The minimum Gasteiger partial charge on any atom is -0.481 e. The first-order valence-corrected chi connectivity index (χ1v) is 5.93. The van der Waals surface area contributed by atoms with Crippen LogP contribution in [0.2, 0.25) is 0 Å². The Balaban J connectivity index is 2.02. The molecule has 16 heavy (non-hydrogen) atoms. The van der Waals surface area contributed by atoms with Crippen molar-refractivity contribution in [1.82, 2.24) is 10.3 Å². The molecule has 1 amide bonds. The smallest absolute Gasteiger partial charge is 0.303 e. The number of amides is 1. The third-order valence-corrected chi connectivity index (χ3v) is 2.78. The number of aliphatic carboxylic acids is 1. The van der Waals surface area contributed by atoms with E-state index in [-0.39, 0.29) is 18.7 Å². The largest absolute Gasteiger partial charge is 0.481 e. The fourth-order valence-electron chi connectivity index (χ4n) is 1.15. The molecule has 2 N–H and O–H groups in total. The summed E-state index contributed by atoms with van der Waals surface area (Å²) < 4.78 is 0. The highest BCUT2D eigenvalue weighted by atomic mass is 32.1. The van der Waals surface area contributed by atoms with E-state index in [4.69, 9.17) is 5.11 Å². The molecule has 0 aliphatic rings. The van der Waals surface area contributed by atoms with Crippen molar-refractivity contribution in [1.29, 1.82) is 0 Å². The van der Waals surface area contributed by atoms with Gasteiger partial charge in [-0.05, 0) is 6.42 Å². The van der Waals surface area contributed by atoms with E-state index in [2.05, 4.69) is 10.3 Å². The van der Waals surface area contributed by atoms with Crippen LogP contribution in [0.1, 0.15) is 24.3 Å². The van der Waals surface area contributed by atoms with E-state index >= 15 is 0 Å². The summed E-state index contributed by atoms with van der Waals surface area (Å²) in [6.07, 6.45) is 3.36. The second-order valence-corrected chi connectivity index (χ2v) is 4.25. The number of carbonyl (C=O) groups is 2. The summed E-state index contributed by atoms with van der Waals surface area (Å²) in [7, 11) is 0. The standard InChI is InChI=1S/C10H14N2O3S/c13-8(3-4-10(14)15)11-5-1-2-9-12-6-7-16-9/h6-7H,1-5H2,(H,11,13)(H,14,15). The first-order chi connectivity index (χ1) is 7.68. The topological polar surface area (TPSA) is 79.3 Å². The lowest BCUT2D eigenvalue weighted by Crippen LogP contribution is -2.25. The molecule has 0 aromatic carbocycles. The zero-order chi connectivity index (χ0) is 11.8. The molecule has 0 spiro atoms. The fourth-order valence-corrected chi connectivity index (χ4v) is 1.82. The Morgan fingerprint density at radius 3 is 2.88 bits per heavy atom. The van der Waals surface area contributed by atoms with Gasteiger partial charge in [-0.1, -0.05) is 0 Å². The zero-order valence-corrected chi connectivity index (χ0v) is 9.63. The maximum atomic E-state index is 11.1. The molecule has 0 aliphatic carbocycles. The monoisotopic (exact) mass is 242 g/mol. The van der Waals surface area contributed by atoms with Crippen molar-refractivity contribution in [3.05, 3.63) is 16.6 Å². The number of nitrogens with zero attached hydrogens (tertiary/aromatic N) is 1. The number of carboxylic acids is 1. The number of nitrogens with one attached hydrogen (secondary N) is 1. The predicted octanol–water partition coefficient (Wildman–Crippen LogP) is 1.06. The van der Waals surface area contributed by atoms with Gasteiger partial charge >= 0.3 is 5.97 Å². The number of aryl methyl sites for hydroxylation is 1. The first-order valence-electron chi connectivity index (χ1n) is 5.05. The fraction of sp³-hybridized carbons (Fsp3) is 0.500. The Morgan fingerprint density at radius 2 is 2.25 bits per heavy atom. The summed E-state index contributed by atoms with van der Waals surface area (Å²) in [5, 5.41) is 14.0. The molecule has 5 nitrogen and oxygen atoms in total. The normalized spacial score (nSPS) is 10.0. The average molecular weight is 242 g/mol. The Hall–Kier alpha value is -1.43. The molecule has 1 heterocycles. The van der Waals surface area contributed by atoms with Crippen molar-refractivity contribution >= 4 is 23.2 Å². The molecule has 0 bridgehead atoms. The predicted molar refractivity (Wildman–Crippen MR) is 60.3 cm³/mol. The zero-order valence-electron chi connectivity index (χ0n) is 8.81. The molecule has 1 aromatic heterocycles. The van der Waals surface area contributed by atoms with Crippen molar-refractivity contribution < 1.29 is 14.7 Å². The third kappa shape index (κ3) is 5.45. The average Bonchev–Trinajstić information content (AvgIpc) is 2.74. The van der Waals surface area contributed by atoms with E-state index in [0.29, 0.717) is 6.54 Å². The van der Waals surface area contributed by atoms with Crippen molar-refractivity contribution in [2.24, 2.45) is 0 Å². The Labute approximate surface area is 97.5 Å². The first kappa shape index (κ1) is 12.6. The van der Waals surface area contributed by atoms with Crippen LogP contribution in [0.5, 0.6) is 0 Å². The minimum absolute atomic E-state index is 0.0482. The second-order valence-electron chi connectivity index (χ2n) is 3.27. The minimum atomic E-state index is -0.946. The molecule has 1 aromatic rings. The van der Waals surface area contributed by atoms with Gasteiger partial charge in [0.05, 0.1) is 11.4 Å². The van der Waals surface area contributed by atoms with Crippen LogP contribution in [0.15, 0.2) is 11.6 Å². The van der Waals surface area contributed by atoms with Crippen LogP contribution in [0.25, 0.3) is 0 Å². The van der Waals surface area contributed by atoms with Crippen LogP contribution in [-0.4, -0.2) is 28.5 Å². The Kier molecular flexibility index (Phi) is 5.49. The van der Waals surface area contributed by atoms with E-state index in [1.54, 1.807) is 17.5 Å². The molecule has 88 valence electrons. The molecule has 0 fully saturated rings. The van der Waals surface area contributed by atoms with Gasteiger partial charge in [0.1, 0.15) is 0 Å². The highest BCUT2D eigenvalue weighted by Gasteiger charge is 2.04. The summed E-state index contributed by atoms with van der Waals surface area (Å²) in [6, 6.07) is 0. The van der Waals surface area contributed by atoms with Crippen molar-refractivity contribution in [2.45, 2.75) is 25.7 Å². The van der Waals surface area contributed by atoms with Gasteiger partial charge in [0, 0.05) is 31.0 Å². The highest BCUT2D eigenvalue weighted by Crippen LogP contribution is 2.05. The van der Waals surface area contributed by atoms with Gasteiger partial charge in [0.25, 0.3) is 0 Å². The molecular formula is C10H14N2O3S. The summed E-state index contributed by atoms with van der Waals surface area (Å²) in [5.74, 6) is -1.15. The lowest BCUT2D eigenvalue weighted by molar-refractivity contribution is -0.138. The van der Waals surface area contributed by atoms with Crippen LogP contribution in [0.3, 0.4) is 0 Å². The van der Waals surface area contributed by atoms with E-state index in [0.717, 1.165) is 17.8 Å². The van der Waals surface area contributed by atoms with Gasteiger partial charge in [0.2, 0.25) is 5.91 Å². The van der Waals surface area contributed by atoms with Gasteiger partial charge in [-0.15, -0.1) is 11.3 Å². The summed E-state index contributed by atoms with van der Waals surface area (Å²) in [6.45, 7) is 0.567. The van der Waals surface area contributed by atoms with Crippen LogP contribution in [0, 0.1) is 0 Å². The summed E-state index contributed by atoms with van der Waals surface area (Å²) >= 11 is 1.59. The quantitative estimate of drug-likeness (QED) is 0.701.